The van der Waals surface area contributed by atoms with Crippen molar-refractivity contribution in [1.82, 2.24) is 9.80 Å². The van der Waals surface area contributed by atoms with Gasteiger partial charge in [-0.15, -0.1) is 0 Å². The molecular weight excluding hydrogens is 468 g/mol. The molecule has 1 N–H and O–H groups in total. The number of aliphatic hydroxyl groups excluding tert-OH is 1. The van der Waals surface area contributed by atoms with Gasteiger partial charge < -0.3 is 19.5 Å². The lowest BCUT2D eigenvalue weighted by Gasteiger charge is -2.29. The predicted molar refractivity (Wildman–Crippen MR) is 135 cm³/mol. The van der Waals surface area contributed by atoms with Crippen molar-refractivity contribution in [2.24, 2.45) is 0 Å². The first kappa shape index (κ1) is 25.2. The molecule has 1 amide bonds. The summed E-state index contributed by atoms with van der Waals surface area (Å²) in [5.41, 5.74) is 1.20. The van der Waals surface area contributed by atoms with Crippen LogP contribution < -0.4 is 4.74 Å². The summed E-state index contributed by atoms with van der Waals surface area (Å²) in [6, 6.07) is 13.2. The Labute approximate surface area is 210 Å². The van der Waals surface area contributed by atoms with E-state index >= 15 is 0 Å². The zero-order valence-electron chi connectivity index (χ0n) is 20.1. The van der Waals surface area contributed by atoms with Crippen LogP contribution >= 0.6 is 11.6 Å². The summed E-state index contributed by atoms with van der Waals surface area (Å²) >= 11 is 6.25. The molecule has 2 saturated heterocycles. The number of carbonyl (C=O) groups is 2. The third kappa shape index (κ3) is 5.86. The number of nitrogens with zero attached hydrogens (tertiary/aromatic N) is 2. The molecule has 4 rings (SSSR count). The van der Waals surface area contributed by atoms with Crippen LogP contribution in [0.2, 0.25) is 5.02 Å². The fourth-order valence-electron chi connectivity index (χ4n) is 4.54. The molecule has 1 atom stereocenters. The minimum Gasteiger partial charge on any atom is -0.507 e. The summed E-state index contributed by atoms with van der Waals surface area (Å²) in [5.74, 6) is -0.855. The molecule has 2 aromatic carbocycles. The van der Waals surface area contributed by atoms with Crippen LogP contribution in [-0.4, -0.2) is 72.1 Å². The van der Waals surface area contributed by atoms with Crippen molar-refractivity contribution in [3.05, 3.63) is 70.3 Å². The van der Waals surface area contributed by atoms with Crippen LogP contribution in [0.15, 0.2) is 54.1 Å². The van der Waals surface area contributed by atoms with Crippen molar-refractivity contribution in [2.75, 3.05) is 39.4 Å². The number of Topliss-reactive ketones (excluding diaryl/α,β-unsaturated/α-hetero) is 1. The lowest BCUT2D eigenvalue weighted by atomic mass is 9.95. The van der Waals surface area contributed by atoms with Gasteiger partial charge in [0.1, 0.15) is 11.5 Å². The minimum atomic E-state index is -0.718. The molecule has 2 fully saturated rings. The summed E-state index contributed by atoms with van der Waals surface area (Å²) in [5, 5.41) is 11.7. The van der Waals surface area contributed by atoms with Crippen molar-refractivity contribution in [1.29, 1.82) is 0 Å². The van der Waals surface area contributed by atoms with E-state index in [1.54, 1.807) is 47.4 Å². The summed E-state index contributed by atoms with van der Waals surface area (Å²) in [6.45, 7) is 8.16. The van der Waals surface area contributed by atoms with Gasteiger partial charge in [0, 0.05) is 36.8 Å². The minimum absolute atomic E-state index is 0.0139. The molecule has 0 aromatic heterocycles. The average molecular weight is 499 g/mol. The van der Waals surface area contributed by atoms with E-state index in [1.165, 1.54) is 0 Å². The molecule has 2 heterocycles. The van der Waals surface area contributed by atoms with E-state index in [0.29, 0.717) is 48.1 Å². The summed E-state index contributed by atoms with van der Waals surface area (Å²) in [7, 11) is 0. The Morgan fingerprint density at radius 2 is 1.83 bits per heavy atom. The van der Waals surface area contributed by atoms with Gasteiger partial charge in [0.05, 0.1) is 30.9 Å². The first-order chi connectivity index (χ1) is 16.8. The molecule has 2 aliphatic heterocycles. The van der Waals surface area contributed by atoms with Crippen molar-refractivity contribution in [2.45, 2.75) is 32.4 Å². The highest BCUT2D eigenvalue weighted by Crippen LogP contribution is 2.40. The van der Waals surface area contributed by atoms with Gasteiger partial charge in [0.25, 0.3) is 11.7 Å². The first-order valence-corrected chi connectivity index (χ1v) is 12.3. The molecule has 8 heteroatoms. The van der Waals surface area contributed by atoms with Crippen LogP contribution in [-0.2, 0) is 14.3 Å². The lowest BCUT2D eigenvalue weighted by molar-refractivity contribution is -0.140. The van der Waals surface area contributed by atoms with E-state index < -0.39 is 17.7 Å². The number of hydrogen-bond acceptors (Lipinski definition) is 6. The number of halogens is 1. The molecule has 0 aliphatic carbocycles. The summed E-state index contributed by atoms with van der Waals surface area (Å²) in [6.07, 6.45) is 0.714. The van der Waals surface area contributed by atoms with Gasteiger partial charge in [-0.1, -0.05) is 23.7 Å². The maximum absolute atomic E-state index is 13.2. The Morgan fingerprint density at radius 3 is 2.49 bits per heavy atom. The number of ether oxygens (including phenoxy) is 2. The summed E-state index contributed by atoms with van der Waals surface area (Å²) < 4.78 is 11.1. The van der Waals surface area contributed by atoms with Crippen LogP contribution in [0.4, 0.5) is 0 Å². The third-order valence-corrected chi connectivity index (χ3v) is 6.42. The standard InChI is InChI=1S/C27H31ClN2O5/c1-18(2)35-22-9-7-19(8-10-22)25(31)23-24(20-5-3-6-21(28)17-20)30(27(33)26(23)32)12-4-11-29-13-15-34-16-14-29/h3,5-10,17-18,24,31H,4,11-16H2,1-2H3/t24-/m1/s1. The third-order valence-electron chi connectivity index (χ3n) is 6.18. The van der Waals surface area contributed by atoms with E-state index in [9.17, 15) is 14.7 Å². The topological polar surface area (TPSA) is 79.3 Å². The molecule has 0 unspecified atom stereocenters. The normalized spacial score (nSPS) is 20.6. The van der Waals surface area contributed by atoms with Crippen LogP contribution in [0.25, 0.3) is 5.76 Å². The molecule has 0 bridgehead atoms. The van der Waals surface area contributed by atoms with E-state index in [-0.39, 0.29) is 17.4 Å². The molecule has 0 radical (unpaired) electrons. The van der Waals surface area contributed by atoms with Gasteiger partial charge in [-0.25, -0.2) is 0 Å². The molecule has 35 heavy (non-hydrogen) atoms. The Hall–Kier alpha value is -2.87. The fourth-order valence-corrected chi connectivity index (χ4v) is 4.74. The molecular formula is C27H31ClN2O5. The molecule has 2 aliphatic rings. The van der Waals surface area contributed by atoms with E-state index in [4.69, 9.17) is 21.1 Å². The highest BCUT2D eigenvalue weighted by atomic mass is 35.5. The quantitative estimate of drug-likeness (QED) is 0.332. The van der Waals surface area contributed by atoms with Crippen LogP contribution in [0.5, 0.6) is 5.75 Å². The number of hydrogen-bond donors (Lipinski definition) is 1. The van der Waals surface area contributed by atoms with Crippen LogP contribution in [0, 0.1) is 0 Å². The number of likely N-dealkylation sites (tertiary alicyclic amines) is 1. The number of ketones is 1. The van der Waals surface area contributed by atoms with Gasteiger partial charge in [-0.2, -0.15) is 0 Å². The first-order valence-electron chi connectivity index (χ1n) is 12.0. The Morgan fingerprint density at radius 1 is 1.11 bits per heavy atom. The van der Waals surface area contributed by atoms with Crippen molar-refractivity contribution < 1.29 is 24.2 Å². The van der Waals surface area contributed by atoms with Crippen molar-refractivity contribution in [3.63, 3.8) is 0 Å². The number of aliphatic hydroxyl groups is 1. The number of rotatable bonds is 8. The smallest absolute Gasteiger partial charge is 0.295 e. The zero-order chi connectivity index (χ0) is 24.9. The van der Waals surface area contributed by atoms with Gasteiger partial charge in [0.2, 0.25) is 0 Å². The van der Waals surface area contributed by atoms with Crippen LogP contribution in [0.3, 0.4) is 0 Å². The van der Waals surface area contributed by atoms with E-state index in [0.717, 1.165) is 19.6 Å². The van der Waals surface area contributed by atoms with Gasteiger partial charge in [0.15, 0.2) is 0 Å². The van der Waals surface area contributed by atoms with Gasteiger partial charge in [-0.05, 0) is 62.2 Å². The number of carbonyl (C=O) groups excluding carboxylic acids is 2. The highest BCUT2D eigenvalue weighted by molar-refractivity contribution is 6.46. The van der Waals surface area contributed by atoms with Crippen LogP contribution in [0.1, 0.15) is 37.4 Å². The van der Waals surface area contributed by atoms with Crippen molar-refractivity contribution in [3.8, 4) is 5.75 Å². The second-order valence-electron chi connectivity index (χ2n) is 9.05. The fraction of sp³-hybridized carbons (Fsp3) is 0.407. The second-order valence-corrected chi connectivity index (χ2v) is 9.48. The Balaban J connectivity index is 1.65. The SMILES string of the molecule is CC(C)Oc1ccc(C(O)=C2C(=O)C(=O)N(CCCN3CCOCC3)[C@@H]2c2cccc(Cl)c2)cc1. The van der Waals surface area contributed by atoms with Crippen molar-refractivity contribution >= 4 is 29.1 Å². The number of amides is 1. The Kier molecular flexibility index (Phi) is 8.11. The zero-order valence-corrected chi connectivity index (χ0v) is 20.8. The molecule has 2 aromatic rings. The van der Waals surface area contributed by atoms with Gasteiger partial charge >= 0.3 is 0 Å². The van der Waals surface area contributed by atoms with E-state index in [2.05, 4.69) is 4.90 Å². The molecule has 0 saturated carbocycles. The maximum atomic E-state index is 13.2. The maximum Gasteiger partial charge on any atom is 0.295 e. The molecule has 7 nitrogen and oxygen atoms in total. The van der Waals surface area contributed by atoms with E-state index in [1.807, 2.05) is 19.9 Å². The lowest BCUT2D eigenvalue weighted by Crippen LogP contribution is -2.38. The average Bonchev–Trinajstić information content (AvgIpc) is 3.09. The predicted octanol–water partition coefficient (Wildman–Crippen LogP) is 4.27. The number of benzene rings is 2. The monoisotopic (exact) mass is 498 g/mol. The Bertz CT molecular complexity index is 1090. The molecule has 0 spiro atoms. The number of morpholine rings is 1. The summed E-state index contributed by atoms with van der Waals surface area (Å²) in [4.78, 5) is 30.1. The highest BCUT2D eigenvalue weighted by Gasteiger charge is 2.45. The van der Waals surface area contributed by atoms with Gasteiger partial charge in [-0.3, -0.25) is 14.5 Å². The largest absolute Gasteiger partial charge is 0.507 e. The second kappa shape index (κ2) is 11.2. The molecule has 186 valence electrons.